The topological polar surface area (TPSA) is 104 Å². The van der Waals surface area contributed by atoms with Gasteiger partial charge < -0.3 is 9.84 Å². The molecule has 106 valence electrons. The van der Waals surface area contributed by atoms with Crippen LogP contribution in [0, 0.1) is 11.3 Å². The number of ketones is 2. The lowest BCUT2D eigenvalue weighted by molar-refractivity contribution is -0.156. The second-order valence-electron chi connectivity index (χ2n) is 5.24. The van der Waals surface area contributed by atoms with Crippen molar-refractivity contribution in [3.05, 3.63) is 0 Å². The molecule has 0 spiro atoms. The number of Topliss-reactive ketones (excluding diaryl/α,β-unsaturated/α-hetero) is 2. The lowest BCUT2D eigenvalue weighted by atomic mass is 10.0. The molecule has 0 aromatic heterocycles. The first-order valence-corrected chi connectivity index (χ1v) is 5.94. The van der Waals surface area contributed by atoms with E-state index < -0.39 is 42.1 Å². The summed E-state index contributed by atoms with van der Waals surface area (Å²) in [6.07, 6.45) is -2.37. The second kappa shape index (κ2) is 7.64. The molecule has 0 bridgehead atoms. The van der Waals surface area contributed by atoms with Crippen LogP contribution in [0.3, 0.4) is 0 Å². The summed E-state index contributed by atoms with van der Waals surface area (Å²) >= 11 is 0. The van der Waals surface area contributed by atoms with Crippen LogP contribution in [0.1, 0.15) is 46.5 Å². The van der Waals surface area contributed by atoms with Gasteiger partial charge in [-0.2, -0.15) is 5.26 Å². The summed E-state index contributed by atoms with van der Waals surface area (Å²) in [6, 6.07) is 1.72. The van der Waals surface area contributed by atoms with Crippen LogP contribution in [-0.2, 0) is 19.1 Å². The monoisotopic (exact) mass is 269 g/mol. The number of aliphatic hydroxyl groups is 1. The number of ether oxygens (including phenoxy) is 1. The fraction of sp³-hybridized carbons (Fsp3) is 0.692. The van der Waals surface area contributed by atoms with Crippen LogP contribution in [0.5, 0.6) is 0 Å². The highest BCUT2D eigenvalue weighted by Crippen LogP contribution is 2.09. The van der Waals surface area contributed by atoms with Gasteiger partial charge in [-0.05, 0) is 20.8 Å². The number of aliphatic hydroxyl groups excluding tert-OH is 1. The number of carbonyl (C=O) groups excluding carboxylic acids is 3. The van der Waals surface area contributed by atoms with Crippen LogP contribution in [-0.4, -0.2) is 34.3 Å². The first-order chi connectivity index (χ1) is 8.64. The van der Waals surface area contributed by atoms with Crippen molar-refractivity contribution in [2.45, 2.75) is 58.2 Å². The Balaban J connectivity index is 4.08. The molecule has 0 aliphatic carbocycles. The summed E-state index contributed by atoms with van der Waals surface area (Å²) < 4.78 is 4.95. The quantitative estimate of drug-likeness (QED) is 0.544. The summed E-state index contributed by atoms with van der Waals surface area (Å²) in [5, 5.41) is 17.5. The van der Waals surface area contributed by atoms with Crippen molar-refractivity contribution in [3.8, 4) is 6.07 Å². The van der Waals surface area contributed by atoms with Gasteiger partial charge in [0, 0.05) is 6.42 Å². The summed E-state index contributed by atoms with van der Waals surface area (Å²) in [5.41, 5.74) is -0.676. The third-order valence-electron chi connectivity index (χ3n) is 1.95. The zero-order valence-corrected chi connectivity index (χ0v) is 11.4. The molecule has 19 heavy (non-hydrogen) atoms. The highest BCUT2D eigenvalue weighted by Gasteiger charge is 2.21. The number of hydrogen-bond donors (Lipinski definition) is 1. The molecule has 0 radical (unpaired) electrons. The van der Waals surface area contributed by atoms with Crippen molar-refractivity contribution in [3.63, 3.8) is 0 Å². The van der Waals surface area contributed by atoms with E-state index in [9.17, 15) is 19.5 Å². The molecule has 0 aliphatic rings. The fourth-order valence-corrected chi connectivity index (χ4v) is 1.33. The number of carbonyl (C=O) groups is 3. The lowest BCUT2D eigenvalue weighted by Gasteiger charge is -2.19. The average molecular weight is 269 g/mol. The van der Waals surface area contributed by atoms with Crippen LogP contribution in [0.4, 0.5) is 0 Å². The Bertz CT molecular complexity index is 389. The summed E-state index contributed by atoms with van der Waals surface area (Å²) in [7, 11) is 0. The minimum Gasteiger partial charge on any atom is -0.460 e. The zero-order valence-electron chi connectivity index (χ0n) is 11.4. The predicted octanol–water partition coefficient (Wildman–Crippen LogP) is 0.911. The largest absolute Gasteiger partial charge is 0.460 e. The number of nitriles is 1. The molecule has 0 aliphatic heterocycles. The van der Waals surface area contributed by atoms with E-state index in [4.69, 9.17) is 10.00 Å². The minimum absolute atomic E-state index is 0.161. The van der Waals surface area contributed by atoms with Gasteiger partial charge in [0.15, 0.2) is 5.78 Å². The van der Waals surface area contributed by atoms with Crippen LogP contribution < -0.4 is 0 Å². The Morgan fingerprint density at radius 3 is 2.26 bits per heavy atom. The van der Waals surface area contributed by atoms with Crippen molar-refractivity contribution in [1.29, 1.82) is 5.26 Å². The highest BCUT2D eigenvalue weighted by molar-refractivity contribution is 6.05. The van der Waals surface area contributed by atoms with Gasteiger partial charge in [0.2, 0.25) is 0 Å². The third-order valence-corrected chi connectivity index (χ3v) is 1.95. The van der Waals surface area contributed by atoms with Crippen LogP contribution in [0.25, 0.3) is 0 Å². The van der Waals surface area contributed by atoms with Gasteiger partial charge in [0.25, 0.3) is 0 Å². The molecule has 0 aromatic carbocycles. The van der Waals surface area contributed by atoms with E-state index in [2.05, 4.69) is 0 Å². The molecule has 0 saturated carbocycles. The van der Waals surface area contributed by atoms with E-state index in [0.717, 1.165) is 0 Å². The molecule has 1 N–H and O–H groups in total. The standard InChI is InChI=1S/C13H19NO5/c1-13(2,3)19-12(18)8-11(17)7-10(16)6-9(15)4-5-14/h9,15H,4,6-8H2,1-3H3. The van der Waals surface area contributed by atoms with Crippen molar-refractivity contribution in [1.82, 2.24) is 0 Å². The number of hydrogen-bond acceptors (Lipinski definition) is 6. The lowest BCUT2D eigenvalue weighted by Crippen LogP contribution is -2.26. The third kappa shape index (κ3) is 9.92. The van der Waals surface area contributed by atoms with Gasteiger partial charge in [-0.3, -0.25) is 14.4 Å². The first kappa shape index (κ1) is 17.3. The van der Waals surface area contributed by atoms with Gasteiger partial charge in [-0.15, -0.1) is 0 Å². The van der Waals surface area contributed by atoms with Crippen molar-refractivity contribution in [2.75, 3.05) is 0 Å². The molecule has 0 rings (SSSR count). The molecule has 1 atom stereocenters. The van der Waals surface area contributed by atoms with E-state index in [1.165, 1.54) is 0 Å². The van der Waals surface area contributed by atoms with Gasteiger partial charge >= 0.3 is 5.97 Å². The van der Waals surface area contributed by atoms with E-state index in [1.54, 1.807) is 26.8 Å². The maximum atomic E-state index is 11.4. The van der Waals surface area contributed by atoms with Gasteiger partial charge in [0.1, 0.15) is 17.8 Å². The van der Waals surface area contributed by atoms with E-state index in [0.29, 0.717) is 0 Å². The molecule has 0 amide bonds. The fourth-order valence-electron chi connectivity index (χ4n) is 1.33. The minimum atomic E-state index is -1.06. The van der Waals surface area contributed by atoms with Gasteiger partial charge in [0.05, 0.1) is 25.0 Å². The van der Waals surface area contributed by atoms with Crippen molar-refractivity contribution >= 4 is 17.5 Å². The summed E-state index contributed by atoms with van der Waals surface area (Å²) in [4.78, 5) is 34.1. The molecule has 6 heteroatoms. The molecule has 0 saturated heterocycles. The molecule has 0 heterocycles. The Labute approximate surface area is 112 Å². The SMILES string of the molecule is CC(C)(C)OC(=O)CC(=O)CC(=O)CC(O)CC#N. The second-order valence-corrected chi connectivity index (χ2v) is 5.24. The van der Waals surface area contributed by atoms with Crippen LogP contribution in [0.2, 0.25) is 0 Å². The smallest absolute Gasteiger partial charge is 0.313 e. The first-order valence-electron chi connectivity index (χ1n) is 5.94. The Morgan fingerprint density at radius 2 is 1.79 bits per heavy atom. The van der Waals surface area contributed by atoms with Crippen molar-refractivity contribution < 1.29 is 24.2 Å². The van der Waals surface area contributed by atoms with E-state index in [1.807, 2.05) is 0 Å². The maximum absolute atomic E-state index is 11.4. The van der Waals surface area contributed by atoms with E-state index >= 15 is 0 Å². The van der Waals surface area contributed by atoms with Gasteiger partial charge in [-0.1, -0.05) is 0 Å². The molecule has 0 aromatic rings. The Morgan fingerprint density at radius 1 is 1.21 bits per heavy atom. The number of nitrogens with zero attached hydrogens (tertiary/aromatic N) is 1. The molecular weight excluding hydrogens is 250 g/mol. The molecule has 1 unspecified atom stereocenters. The Hall–Kier alpha value is -1.74. The summed E-state index contributed by atoms with van der Waals surface area (Å²) in [6.45, 7) is 5.04. The number of rotatable bonds is 7. The maximum Gasteiger partial charge on any atom is 0.313 e. The summed E-state index contributed by atoms with van der Waals surface area (Å²) in [5.74, 6) is -1.72. The molecular formula is C13H19NO5. The van der Waals surface area contributed by atoms with Crippen molar-refractivity contribution in [2.24, 2.45) is 0 Å². The molecule has 0 fully saturated rings. The Kier molecular flexibility index (Phi) is 6.94. The predicted molar refractivity (Wildman–Crippen MR) is 65.9 cm³/mol. The average Bonchev–Trinajstić information content (AvgIpc) is 2.12. The normalized spacial score (nSPS) is 12.4. The van der Waals surface area contributed by atoms with E-state index in [-0.39, 0.29) is 12.8 Å². The number of esters is 1. The van der Waals surface area contributed by atoms with Gasteiger partial charge in [-0.25, -0.2) is 0 Å². The highest BCUT2D eigenvalue weighted by atomic mass is 16.6. The molecule has 6 nitrogen and oxygen atoms in total. The zero-order chi connectivity index (χ0) is 15.1. The van der Waals surface area contributed by atoms with Crippen LogP contribution >= 0.6 is 0 Å². The van der Waals surface area contributed by atoms with Crippen LogP contribution in [0.15, 0.2) is 0 Å².